The molecule has 1 aliphatic rings. The molecule has 0 aromatic heterocycles. The maximum absolute atomic E-state index is 12.3. The number of rotatable bonds is 2. The van der Waals surface area contributed by atoms with Crippen LogP contribution in [0.25, 0.3) is 0 Å². The molecule has 1 aliphatic carbocycles. The van der Waals surface area contributed by atoms with Crippen LogP contribution >= 0.6 is 0 Å². The van der Waals surface area contributed by atoms with Gasteiger partial charge in [-0.3, -0.25) is 4.79 Å². The Morgan fingerprint density at radius 2 is 2.00 bits per heavy atom. The second-order valence-electron chi connectivity index (χ2n) is 5.28. The number of carbonyl (C=O) groups is 1. The zero-order valence-electron chi connectivity index (χ0n) is 10.5. The van der Waals surface area contributed by atoms with Gasteiger partial charge in [0.15, 0.2) is 0 Å². The van der Waals surface area contributed by atoms with Crippen molar-refractivity contribution in [3.8, 4) is 0 Å². The van der Waals surface area contributed by atoms with Crippen LogP contribution in [-0.2, 0) is 4.79 Å². The molecule has 0 heterocycles. The topological polar surface area (TPSA) is 29.1 Å². The number of amides is 1. The summed E-state index contributed by atoms with van der Waals surface area (Å²) in [6, 6.07) is 7.67. The van der Waals surface area contributed by atoms with Gasteiger partial charge in [-0.1, -0.05) is 38.3 Å². The molecule has 0 spiro atoms. The molecule has 0 aliphatic heterocycles. The molecule has 1 aromatic rings. The molecule has 0 bridgehead atoms. The van der Waals surface area contributed by atoms with Gasteiger partial charge in [-0.05, 0) is 37.5 Å². The molecule has 2 rings (SSSR count). The summed E-state index contributed by atoms with van der Waals surface area (Å²) in [5.41, 5.74) is 1.60. The fourth-order valence-electron chi connectivity index (χ4n) is 2.49. The van der Waals surface area contributed by atoms with Gasteiger partial charge in [0.1, 0.15) is 0 Å². The van der Waals surface area contributed by atoms with Crippen LogP contribution in [-0.4, -0.2) is 5.91 Å². The summed E-state index contributed by atoms with van der Waals surface area (Å²) < 4.78 is 0. The first-order valence-electron chi connectivity index (χ1n) is 6.34. The molecule has 0 unspecified atom stereocenters. The summed E-state index contributed by atoms with van der Waals surface area (Å²) in [5, 5.41) is 3.01. The van der Waals surface area contributed by atoms with Gasteiger partial charge in [-0.25, -0.2) is 0 Å². The maximum Gasteiger partial charge on any atom is 0.230 e. The smallest absolute Gasteiger partial charge is 0.230 e. The third-order valence-corrected chi connectivity index (χ3v) is 3.69. The van der Waals surface area contributed by atoms with Crippen LogP contribution in [0, 0.1) is 12.3 Å². The third kappa shape index (κ3) is 2.87. The monoisotopic (exact) mass is 230 g/mol. The molecule has 1 fully saturated rings. The number of benzene rings is 1. The minimum atomic E-state index is -0.185. The summed E-state index contributed by atoms with van der Waals surface area (Å²) in [6.45, 7) is 5.95. The van der Waals surface area contributed by atoms with E-state index in [0.717, 1.165) is 24.1 Å². The van der Waals surface area contributed by atoms with Gasteiger partial charge < -0.3 is 5.32 Å². The van der Waals surface area contributed by atoms with Crippen LogP contribution in [0.2, 0.25) is 0 Å². The van der Waals surface area contributed by atoms with E-state index in [1.54, 1.807) is 0 Å². The molecule has 2 heteroatoms. The van der Waals surface area contributed by atoms with Crippen LogP contribution in [0.3, 0.4) is 0 Å². The first-order valence-corrected chi connectivity index (χ1v) is 6.34. The van der Waals surface area contributed by atoms with Crippen LogP contribution in [0.5, 0.6) is 0 Å². The summed E-state index contributed by atoms with van der Waals surface area (Å²) in [6.07, 6.45) is 5.60. The molecule has 1 amide bonds. The largest absolute Gasteiger partial charge is 0.326 e. The van der Waals surface area contributed by atoms with Gasteiger partial charge in [0, 0.05) is 11.1 Å². The summed E-state index contributed by atoms with van der Waals surface area (Å²) in [5.74, 6) is 0.155. The van der Waals surface area contributed by atoms with Gasteiger partial charge in [0.2, 0.25) is 5.91 Å². The van der Waals surface area contributed by atoms with E-state index in [-0.39, 0.29) is 11.3 Å². The summed E-state index contributed by atoms with van der Waals surface area (Å²) in [4.78, 5) is 12.3. The SMILES string of the molecule is [CH2]c1cccc(NC(=O)C2(C)CCCCC2)c1. The lowest BCUT2D eigenvalue weighted by Crippen LogP contribution is -2.35. The highest BCUT2D eigenvalue weighted by Gasteiger charge is 2.34. The van der Waals surface area contributed by atoms with E-state index in [9.17, 15) is 4.79 Å². The zero-order valence-corrected chi connectivity index (χ0v) is 10.5. The Balaban J connectivity index is 2.05. The lowest BCUT2D eigenvalue weighted by atomic mass is 9.75. The quantitative estimate of drug-likeness (QED) is 0.823. The van der Waals surface area contributed by atoms with E-state index >= 15 is 0 Å². The minimum absolute atomic E-state index is 0.155. The van der Waals surface area contributed by atoms with Gasteiger partial charge in [0.25, 0.3) is 0 Å². The van der Waals surface area contributed by atoms with E-state index < -0.39 is 0 Å². The first-order chi connectivity index (χ1) is 8.10. The van der Waals surface area contributed by atoms with E-state index in [0.29, 0.717) is 0 Å². The molecule has 0 atom stereocenters. The van der Waals surface area contributed by atoms with Gasteiger partial charge >= 0.3 is 0 Å². The average molecular weight is 230 g/mol. The molecular weight excluding hydrogens is 210 g/mol. The van der Waals surface area contributed by atoms with Gasteiger partial charge in [-0.2, -0.15) is 0 Å². The number of hydrogen-bond acceptors (Lipinski definition) is 1. The molecular formula is C15H20NO. The number of hydrogen-bond donors (Lipinski definition) is 1. The van der Waals surface area contributed by atoms with Crippen molar-refractivity contribution in [1.29, 1.82) is 0 Å². The van der Waals surface area contributed by atoms with Gasteiger partial charge in [-0.15, -0.1) is 0 Å². The van der Waals surface area contributed by atoms with Crippen molar-refractivity contribution in [3.05, 3.63) is 36.8 Å². The zero-order chi connectivity index (χ0) is 12.3. The minimum Gasteiger partial charge on any atom is -0.326 e. The lowest BCUT2D eigenvalue weighted by Gasteiger charge is -2.32. The third-order valence-electron chi connectivity index (χ3n) is 3.69. The molecule has 1 saturated carbocycles. The highest BCUT2D eigenvalue weighted by molar-refractivity contribution is 5.95. The Morgan fingerprint density at radius 3 is 2.65 bits per heavy atom. The molecule has 1 radical (unpaired) electrons. The Bertz CT molecular complexity index is 405. The van der Waals surface area contributed by atoms with E-state index in [4.69, 9.17) is 0 Å². The predicted octanol–water partition coefficient (Wildman–Crippen LogP) is 3.78. The van der Waals surface area contributed by atoms with Crippen LogP contribution in [0.15, 0.2) is 24.3 Å². The normalized spacial score (nSPS) is 18.7. The predicted molar refractivity (Wildman–Crippen MR) is 70.7 cm³/mol. The molecule has 0 saturated heterocycles. The Morgan fingerprint density at radius 1 is 1.29 bits per heavy atom. The number of anilines is 1. The van der Waals surface area contributed by atoms with E-state index in [1.807, 2.05) is 24.3 Å². The Kier molecular flexibility index (Phi) is 3.51. The summed E-state index contributed by atoms with van der Waals surface area (Å²) >= 11 is 0. The standard InChI is InChI=1S/C15H20NO/c1-12-7-6-8-13(11-12)16-14(17)15(2)9-4-3-5-10-15/h6-8,11H,1,3-5,9-10H2,2H3,(H,16,17). The second-order valence-corrected chi connectivity index (χ2v) is 5.28. The van der Waals surface area contributed by atoms with Crippen molar-refractivity contribution in [1.82, 2.24) is 0 Å². The Labute approximate surface area is 103 Å². The molecule has 1 aromatic carbocycles. The summed E-state index contributed by atoms with van der Waals surface area (Å²) in [7, 11) is 0. The molecule has 91 valence electrons. The van der Waals surface area contributed by atoms with Crippen molar-refractivity contribution in [3.63, 3.8) is 0 Å². The van der Waals surface area contributed by atoms with Crippen LogP contribution < -0.4 is 5.32 Å². The Hall–Kier alpha value is -1.31. The molecule has 1 N–H and O–H groups in total. The molecule has 17 heavy (non-hydrogen) atoms. The lowest BCUT2D eigenvalue weighted by molar-refractivity contribution is -0.126. The maximum atomic E-state index is 12.3. The number of nitrogens with one attached hydrogen (secondary N) is 1. The van der Waals surface area contributed by atoms with Crippen molar-refractivity contribution in [2.24, 2.45) is 5.41 Å². The van der Waals surface area contributed by atoms with Crippen molar-refractivity contribution < 1.29 is 4.79 Å². The van der Waals surface area contributed by atoms with Crippen LogP contribution in [0.1, 0.15) is 44.6 Å². The highest BCUT2D eigenvalue weighted by atomic mass is 16.2. The highest BCUT2D eigenvalue weighted by Crippen LogP contribution is 2.36. The van der Waals surface area contributed by atoms with Crippen molar-refractivity contribution in [2.75, 3.05) is 5.32 Å². The van der Waals surface area contributed by atoms with Gasteiger partial charge in [0.05, 0.1) is 0 Å². The van der Waals surface area contributed by atoms with Crippen molar-refractivity contribution >= 4 is 11.6 Å². The molecule has 2 nitrogen and oxygen atoms in total. The van der Waals surface area contributed by atoms with E-state index in [2.05, 4.69) is 19.2 Å². The fourth-order valence-corrected chi connectivity index (χ4v) is 2.49. The van der Waals surface area contributed by atoms with Crippen molar-refractivity contribution in [2.45, 2.75) is 39.0 Å². The fraction of sp³-hybridized carbons (Fsp3) is 0.467. The van der Waals surface area contributed by atoms with E-state index in [1.165, 1.54) is 19.3 Å². The first kappa shape index (κ1) is 12.2. The second kappa shape index (κ2) is 4.91. The average Bonchev–Trinajstić information content (AvgIpc) is 2.30. The number of carbonyl (C=O) groups excluding carboxylic acids is 1. The van der Waals surface area contributed by atoms with Crippen LogP contribution in [0.4, 0.5) is 5.69 Å².